The van der Waals surface area contributed by atoms with Gasteiger partial charge in [0, 0.05) is 17.2 Å². The van der Waals surface area contributed by atoms with Crippen molar-refractivity contribution in [2.24, 2.45) is 5.41 Å². The standard InChI is InChI=1S/C18H25N3O6/c1-11-9-12(5-6-14(11)21(26)27)16(23)19-10-15(22)20-13(17(24)25)7-8-18(2,3)4/h5-6,9,13H,7-8,10H2,1-4H3,(H,19,23)(H,20,22)(H,24,25). The molecule has 9 heteroatoms. The fourth-order valence-electron chi connectivity index (χ4n) is 2.34. The van der Waals surface area contributed by atoms with Gasteiger partial charge in [-0.1, -0.05) is 20.8 Å². The molecule has 148 valence electrons. The van der Waals surface area contributed by atoms with Gasteiger partial charge < -0.3 is 15.7 Å². The highest BCUT2D eigenvalue weighted by atomic mass is 16.6. The quantitative estimate of drug-likeness (QED) is 0.466. The van der Waals surface area contributed by atoms with Crippen LogP contribution in [0.4, 0.5) is 5.69 Å². The number of nitrogens with one attached hydrogen (secondary N) is 2. The van der Waals surface area contributed by atoms with Gasteiger partial charge >= 0.3 is 5.97 Å². The van der Waals surface area contributed by atoms with Crippen LogP contribution in [0, 0.1) is 22.5 Å². The minimum absolute atomic E-state index is 0.0690. The maximum absolute atomic E-state index is 12.1. The lowest BCUT2D eigenvalue weighted by molar-refractivity contribution is -0.385. The van der Waals surface area contributed by atoms with Gasteiger partial charge in [-0.15, -0.1) is 0 Å². The Kier molecular flexibility index (Phi) is 7.45. The topological polar surface area (TPSA) is 139 Å². The molecule has 0 aliphatic rings. The number of hydrogen-bond donors (Lipinski definition) is 3. The van der Waals surface area contributed by atoms with Crippen LogP contribution in [0.25, 0.3) is 0 Å². The number of carbonyl (C=O) groups is 3. The Morgan fingerprint density at radius 1 is 1.26 bits per heavy atom. The van der Waals surface area contributed by atoms with Gasteiger partial charge in [0.2, 0.25) is 5.91 Å². The summed E-state index contributed by atoms with van der Waals surface area (Å²) in [6.45, 7) is 7.03. The summed E-state index contributed by atoms with van der Waals surface area (Å²) in [6, 6.07) is 2.84. The van der Waals surface area contributed by atoms with Crippen LogP contribution in [0.1, 0.15) is 49.5 Å². The molecule has 9 nitrogen and oxygen atoms in total. The molecule has 0 fully saturated rings. The Hall–Kier alpha value is -2.97. The Bertz CT molecular complexity index is 739. The van der Waals surface area contributed by atoms with Crippen molar-refractivity contribution < 1.29 is 24.4 Å². The molecular weight excluding hydrogens is 354 g/mol. The molecule has 0 radical (unpaired) electrons. The molecule has 0 spiro atoms. The Balaban J connectivity index is 2.62. The second-order valence-electron chi connectivity index (χ2n) is 7.50. The van der Waals surface area contributed by atoms with E-state index >= 15 is 0 Å². The van der Waals surface area contributed by atoms with Crippen molar-refractivity contribution in [1.29, 1.82) is 0 Å². The van der Waals surface area contributed by atoms with Crippen molar-refractivity contribution in [3.63, 3.8) is 0 Å². The Morgan fingerprint density at radius 3 is 2.37 bits per heavy atom. The third-order valence-electron chi connectivity index (χ3n) is 3.88. The molecule has 0 bridgehead atoms. The second-order valence-corrected chi connectivity index (χ2v) is 7.50. The second kappa shape index (κ2) is 9.11. The molecule has 0 aliphatic carbocycles. The molecule has 0 aliphatic heterocycles. The molecule has 27 heavy (non-hydrogen) atoms. The minimum atomic E-state index is -1.13. The van der Waals surface area contributed by atoms with E-state index in [2.05, 4.69) is 10.6 Å². The molecule has 3 N–H and O–H groups in total. The van der Waals surface area contributed by atoms with Crippen molar-refractivity contribution in [1.82, 2.24) is 10.6 Å². The molecule has 1 aromatic rings. The van der Waals surface area contributed by atoms with E-state index in [-0.39, 0.29) is 23.1 Å². The van der Waals surface area contributed by atoms with Gasteiger partial charge in [-0.2, -0.15) is 0 Å². The number of rotatable bonds is 8. The molecule has 0 aromatic heterocycles. The van der Waals surface area contributed by atoms with E-state index in [0.717, 1.165) is 0 Å². The zero-order valence-electron chi connectivity index (χ0n) is 15.9. The highest BCUT2D eigenvalue weighted by Crippen LogP contribution is 2.21. The maximum atomic E-state index is 12.1. The third-order valence-corrected chi connectivity index (χ3v) is 3.88. The number of carboxylic acid groups (broad SMARTS) is 1. The van der Waals surface area contributed by atoms with E-state index in [9.17, 15) is 29.6 Å². The van der Waals surface area contributed by atoms with E-state index in [4.69, 9.17) is 0 Å². The summed E-state index contributed by atoms with van der Waals surface area (Å²) in [7, 11) is 0. The first kappa shape index (κ1) is 22.1. The van der Waals surface area contributed by atoms with Gasteiger partial charge in [-0.3, -0.25) is 19.7 Å². The number of nitrogens with zero attached hydrogens (tertiary/aromatic N) is 1. The number of carboxylic acids is 1. The molecule has 1 unspecified atom stereocenters. The highest BCUT2D eigenvalue weighted by molar-refractivity contribution is 5.97. The van der Waals surface area contributed by atoms with E-state index in [1.165, 1.54) is 25.1 Å². The first-order valence-corrected chi connectivity index (χ1v) is 8.46. The van der Waals surface area contributed by atoms with Crippen LogP contribution < -0.4 is 10.6 Å². The lowest BCUT2D eigenvalue weighted by Gasteiger charge is -2.21. The first-order chi connectivity index (χ1) is 12.4. The fraction of sp³-hybridized carbons (Fsp3) is 0.500. The minimum Gasteiger partial charge on any atom is -0.480 e. The molecule has 1 atom stereocenters. The molecular formula is C18H25N3O6. The summed E-state index contributed by atoms with van der Waals surface area (Å²) in [4.78, 5) is 45.6. The van der Waals surface area contributed by atoms with E-state index in [1.54, 1.807) is 0 Å². The van der Waals surface area contributed by atoms with Crippen LogP contribution >= 0.6 is 0 Å². The van der Waals surface area contributed by atoms with Crippen LogP contribution in [-0.2, 0) is 9.59 Å². The number of benzene rings is 1. The predicted octanol–water partition coefficient (Wildman–Crippen LogP) is 2.03. The van der Waals surface area contributed by atoms with Crippen molar-refractivity contribution >= 4 is 23.5 Å². The maximum Gasteiger partial charge on any atom is 0.326 e. The summed E-state index contributed by atoms with van der Waals surface area (Å²) in [5, 5.41) is 24.8. The van der Waals surface area contributed by atoms with E-state index < -0.39 is 35.3 Å². The summed E-state index contributed by atoms with van der Waals surface area (Å²) in [5.74, 6) is -2.34. The van der Waals surface area contributed by atoms with Crippen LogP contribution in [0.2, 0.25) is 0 Å². The number of nitro groups is 1. The monoisotopic (exact) mass is 379 g/mol. The smallest absolute Gasteiger partial charge is 0.326 e. The van der Waals surface area contributed by atoms with Crippen molar-refractivity contribution in [3.8, 4) is 0 Å². The normalized spacial score (nSPS) is 12.1. The summed E-state index contributed by atoms with van der Waals surface area (Å²) in [5.41, 5.74) is 0.325. The molecule has 0 saturated heterocycles. The average molecular weight is 379 g/mol. The zero-order chi connectivity index (χ0) is 20.8. The van der Waals surface area contributed by atoms with Gasteiger partial charge in [0.1, 0.15) is 6.04 Å². The summed E-state index contributed by atoms with van der Waals surface area (Å²) in [6.07, 6.45) is 0.888. The Labute approximate surface area is 157 Å². The SMILES string of the molecule is Cc1cc(C(=O)NCC(=O)NC(CCC(C)(C)C)C(=O)O)ccc1[N+](=O)[O-]. The molecule has 0 saturated carbocycles. The predicted molar refractivity (Wildman–Crippen MR) is 98.4 cm³/mol. The lowest BCUT2D eigenvalue weighted by atomic mass is 9.88. The average Bonchev–Trinajstić information content (AvgIpc) is 2.54. The molecule has 1 aromatic carbocycles. The lowest BCUT2D eigenvalue weighted by Crippen LogP contribution is -2.45. The van der Waals surface area contributed by atoms with E-state index in [0.29, 0.717) is 12.0 Å². The molecule has 0 heterocycles. The van der Waals surface area contributed by atoms with Crippen LogP contribution in [0.15, 0.2) is 18.2 Å². The number of hydrogen-bond acceptors (Lipinski definition) is 5. The van der Waals surface area contributed by atoms with Crippen molar-refractivity contribution in [2.45, 2.75) is 46.6 Å². The van der Waals surface area contributed by atoms with Crippen LogP contribution in [0.3, 0.4) is 0 Å². The molecule has 1 rings (SSSR count). The Morgan fingerprint density at radius 2 is 1.89 bits per heavy atom. The number of aliphatic carboxylic acids is 1. The third kappa shape index (κ3) is 7.43. The van der Waals surface area contributed by atoms with Crippen LogP contribution in [0.5, 0.6) is 0 Å². The van der Waals surface area contributed by atoms with Gasteiger partial charge in [0.15, 0.2) is 0 Å². The van der Waals surface area contributed by atoms with E-state index in [1.807, 2.05) is 20.8 Å². The summed E-state index contributed by atoms with van der Waals surface area (Å²) < 4.78 is 0. The first-order valence-electron chi connectivity index (χ1n) is 8.46. The fourth-order valence-corrected chi connectivity index (χ4v) is 2.34. The number of aryl methyl sites for hydroxylation is 1. The largest absolute Gasteiger partial charge is 0.480 e. The number of carbonyl (C=O) groups excluding carboxylic acids is 2. The van der Waals surface area contributed by atoms with Gasteiger partial charge in [-0.25, -0.2) is 4.79 Å². The number of nitro benzene ring substituents is 1. The number of amides is 2. The van der Waals surface area contributed by atoms with Crippen LogP contribution in [-0.4, -0.2) is 40.4 Å². The van der Waals surface area contributed by atoms with Crippen molar-refractivity contribution in [2.75, 3.05) is 6.54 Å². The molecule has 2 amide bonds. The summed E-state index contributed by atoms with van der Waals surface area (Å²) >= 11 is 0. The van der Waals surface area contributed by atoms with Gasteiger partial charge in [0.05, 0.1) is 11.5 Å². The highest BCUT2D eigenvalue weighted by Gasteiger charge is 2.23. The van der Waals surface area contributed by atoms with Crippen molar-refractivity contribution in [3.05, 3.63) is 39.4 Å². The van der Waals surface area contributed by atoms with Gasteiger partial charge in [0.25, 0.3) is 11.6 Å². The van der Waals surface area contributed by atoms with Gasteiger partial charge in [-0.05, 0) is 37.3 Å². The zero-order valence-corrected chi connectivity index (χ0v) is 15.9.